The Balaban J connectivity index is 1.95. The van der Waals surface area contributed by atoms with Crippen LogP contribution in [0.15, 0.2) is 41.1 Å². The number of hydrogen-bond donors (Lipinski definition) is 2. The average molecular weight is 364 g/mol. The minimum absolute atomic E-state index is 0.244. The molecule has 0 fully saturated rings. The van der Waals surface area contributed by atoms with E-state index in [2.05, 4.69) is 41.4 Å². The quantitative estimate of drug-likeness (QED) is 0.824. The van der Waals surface area contributed by atoms with Crippen molar-refractivity contribution in [2.45, 2.75) is 0 Å². The number of amides is 1. The van der Waals surface area contributed by atoms with Gasteiger partial charge in [-0.1, -0.05) is 12.1 Å². The van der Waals surface area contributed by atoms with E-state index in [4.69, 9.17) is 0 Å². The van der Waals surface area contributed by atoms with Crippen molar-refractivity contribution in [2.24, 2.45) is 0 Å². The van der Waals surface area contributed by atoms with Crippen LogP contribution in [-0.4, -0.2) is 48.0 Å². The molecule has 1 heterocycles. The second kappa shape index (κ2) is 7.86. The highest BCUT2D eigenvalue weighted by molar-refractivity contribution is 9.10. The summed E-state index contributed by atoms with van der Waals surface area (Å²) in [5, 5.41) is 5.91. The molecule has 2 N–H and O–H groups in total. The Morgan fingerprint density at radius 3 is 2.55 bits per heavy atom. The SMILES string of the molecule is CN(C)CCNc1ncc(C(=O)Nc2ccccc2Br)cn1. The first-order chi connectivity index (χ1) is 10.6. The van der Waals surface area contributed by atoms with Gasteiger partial charge in [-0.05, 0) is 42.2 Å². The third kappa shape index (κ3) is 4.78. The Bertz CT molecular complexity index is 630. The number of nitrogens with zero attached hydrogens (tertiary/aromatic N) is 3. The number of para-hydroxylation sites is 1. The summed E-state index contributed by atoms with van der Waals surface area (Å²) in [4.78, 5) is 22.5. The Morgan fingerprint density at radius 2 is 1.91 bits per heavy atom. The second-order valence-corrected chi connectivity index (χ2v) is 5.81. The van der Waals surface area contributed by atoms with Gasteiger partial charge in [0.1, 0.15) is 0 Å². The summed E-state index contributed by atoms with van der Waals surface area (Å²) in [6, 6.07) is 7.43. The van der Waals surface area contributed by atoms with E-state index >= 15 is 0 Å². The van der Waals surface area contributed by atoms with Crippen LogP contribution in [0.25, 0.3) is 0 Å². The Hall–Kier alpha value is -1.99. The standard InChI is InChI=1S/C15H18BrN5O/c1-21(2)8-7-17-15-18-9-11(10-19-15)14(22)20-13-6-4-3-5-12(13)16/h3-6,9-10H,7-8H2,1-2H3,(H,20,22)(H,17,18,19). The number of carbonyl (C=O) groups excluding carboxylic acids is 1. The molecule has 0 unspecified atom stereocenters. The monoisotopic (exact) mass is 363 g/mol. The lowest BCUT2D eigenvalue weighted by Gasteiger charge is -2.10. The fraction of sp³-hybridized carbons (Fsp3) is 0.267. The summed E-state index contributed by atoms with van der Waals surface area (Å²) < 4.78 is 0.825. The highest BCUT2D eigenvalue weighted by Gasteiger charge is 2.09. The molecule has 0 bridgehead atoms. The maximum atomic E-state index is 12.1. The number of hydrogen-bond acceptors (Lipinski definition) is 5. The maximum Gasteiger partial charge on any atom is 0.258 e. The first kappa shape index (κ1) is 16.4. The number of benzene rings is 1. The van der Waals surface area contributed by atoms with Gasteiger partial charge in [-0.2, -0.15) is 0 Å². The molecule has 6 nitrogen and oxygen atoms in total. The molecule has 0 saturated carbocycles. The number of likely N-dealkylation sites (N-methyl/N-ethyl adjacent to an activating group) is 1. The van der Waals surface area contributed by atoms with Crippen molar-refractivity contribution in [3.63, 3.8) is 0 Å². The van der Waals surface area contributed by atoms with Crippen molar-refractivity contribution >= 4 is 33.5 Å². The molecule has 2 rings (SSSR count). The average Bonchev–Trinajstić information content (AvgIpc) is 2.50. The third-order valence-corrected chi connectivity index (χ3v) is 3.57. The van der Waals surface area contributed by atoms with E-state index in [0.29, 0.717) is 17.2 Å². The van der Waals surface area contributed by atoms with Gasteiger partial charge in [-0.3, -0.25) is 4.79 Å². The zero-order valence-electron chi connectivity index (χ0n) is 12.5. The fourth-order valence-electron chi connectivity index (χ4n) is 1.68. The summed E-state index contributed by atoms with van der Waals surface area (Å²) >= 11 is 3.39. The molecule has 116 valence electrons. The van der Waals surface area contributed by atoms with E-state index in [-0.39, 0.29) is 5.91 Å². The first-order valence-electron chi connectivity index (χ1n) is 6.83. The van der Waals surface area contributed by atoms with E-state index in [9.17, 15) is 4.79 Å². The van der Waals surface area contributed by atoms with Crippen LogP contribution in [0.3, 0.4) is 0 Å². The molecule has 22 heavy (non-hydrogen) atoms. The number of nitrogens with one attached hydrogen (secondary N) is 2. The highest BCUT2D eigenvalue weighted by atomic mass is 79.9. The van der Waals surface area contributed by atoms with E-state index in [1.165, 1.54) is 12.4 Å². The Kier molecular flexibility index (Phi) is 5.85. The molecule has 2 aromatic rings. The summed E-state index contributed by atoms with van der Waals surface area (Å²) in [7, 11) is 4.00. The number of halogens is 1. The lowest BCUT2D eigenvalue weighted by molar-refractivity contribution is 0.102. The molecule has 0 spiro atoms. The summed E-state index contributed by atoms with van der Waals surface area (Å²) in [6.45, 7) is 1.63. The molecule has 0 atom stereocenters. The number of aromatic nitrogens is 2. The van der Waals surface area contributed by atoms with Crippen molar-refractivity contribution in [1.29, 1.82) is 0 Å². The normalized spacial score (nSPS) is 10.5. The van der Waals surface area contributed by atoms with Gasteiger partial charge in [-0.15, -0.1) is 0 Å². The molecule has 0 aliphatic heterocycles. The lowest BCUT2D eigenvalue weighted by Crippen LogP contribution is -2.21. The van der Waals surface area contributed by atoms with Gasteiger partial charge in [0.25, 0.3) is 5.91 Å². The third-order valence-electron chi connectivity index (χ3n) is 2.88. The molecule has 1 aromatic heterocycles. The maximum absolute atomic E-state index is 12.1. The lowest BCUT2D eigenvalue weighted by atomic mass is 10.3. The van der Waals surface area contributed by atoms with Crippen molar-refractivity contribution in [3.05, 3.63) is 46.7 Å². The van der Waals surface area contributed by atoms with Crippen molar-refractivity contribution in [3.8, 4) is 0 Å². The predicted octanol–water partition coefficient (Wildman–Crippen LogP) is 2.46. The van der Waals surface area contributed by atoms with Crippen molar-refractivity contribution in [2.75, 3.05) is 37.8 Å². The van der Waals surface area contributed by atoms with Gasteiger partial charge < -0.3 is 15.5 Å². The molecule has 0 aliphatic carbocycles. The van der Waals surface area contributed by atoms with E-state index < -0.39 is 0 Å². The molecule has 0 radical (unpaired) electrons. The van der Waals surface area contributed by atoms with Crippen LogP contribution in [0.5, 0.6) is 0 Å². The molecular weight excluding hydrogens is 346 g/mol. The van der Waals surface area contributed by atoms with Gasteiger partial charge in [0.05, 0.1) is 11.3 Å². The molecule has 0 aliphatic rings. The predicted molar refractivity (Wildman–Crippen MR) is 91.2 cm³/mol. The Labute approximate surface area is 138 Å². The highest BCUT2D eigenvalue weighted by Crippen LogP contribution is 2.21. The van der Waals surface area contributed by atoms with Crippen LogP contribution in [-0.2, 0) is 0 Å². The Morgan fingerprint density at radius 1 is 1.23 bits per heavy atom. The molecule has 7 heteroatoms. The van der Waals surface area contributed by atoms with Crippen LogP contribution in [0.4, 0.5) is 11.6 Å². The van der Waals surface area contributed by atoms with Crippen LogP contribution in [0, 0.1) is 0 Å². The zero-order chi connectivity index (χ0) is 15.9. The molecule has 1 aromatic carbocycles. The molecule has 1 amide bonds. The largest absolute Gasteiger partial charge is 0.353 e. The van der Waals surface area contributed by atoms with Crippen molar-refractivity contribution in [1.82, 2.24) is 14.9 Å². The van der Waals surface area contributed by atoms with E-state index in [0.717, 1.165) is 17.6 Å². The number of carbonyl (C=O) groups is 1. The van der Waals surface area contributed by atoms with Gasteiger partial charge in [-0.25, -0.2) is 9.97 Å². The van der Waals surface area contributed by atoms with Gasteiger partial charge in [0.2, 0.25) is 5.95 Å². The summed E-state index contributed by atoms with van der Waals surface area (Å²) in [6.07, 6.45) is 3.02. The zero-order valence-corrected chi connectivity index (χ0v) is 14.1. The smallest absolute Gasteiger partial charge is 0.258 e. The van der Waals surface area contributed by atoms with Crippen LogP contribution >= 0.6 is 15.9 Å². The van der Waals surface area contributed by atoms with Gasteiger partial charge >= 0.3 is 0 Å². The fourth-order valence-corrected chi connectivity index (χ4v) is 2.07. The van der Waals surface area contributed by atoms with Crippen molar-refractivity contribution < 1.29 is 4.79 Å². The van der Waals surface area contributed by atoms with E-state index in [1.807, 2.05) is 38.4 Å². The van der Waals surface area contributed by atoms with E-state index in [1.54, 1.807) is 0 Å². The van der Waals surface area contributed by atoms with Crippen LogP contribution in [0.1, 0.15) is 10.4 Å². The second-order valence-electron chi connectivity index (χ2n) is 4.96. The minimum Gasteiger partial charge on any atom is -0.353 e. The topological polar surface area (TPSA) is 70.2 Å². The molecule has 0 saturated heterocycles. The first-order valence-corrected chi connectivity index (χ1v) is 7.62. The van der Waals surface area contributed by atoms with Gasteiger partial charge in [0.15, 0.2) is 0 Å². The molecular formula is C15H18BrN5O. The number of rotatable bonds is 6. The van der Waals surface area contributed by atoms with Gasteiger partial charge in [0, 0.05) is 30.0 Å². The van der Waals surface area contributed by atoms with Crippen LogP contribution in [0.2, 0.25) is 0 Å². The summed E-state index contributed by atoms with van der Waals surface area (Å²) in [5.41, 5.74) is 1.12. The minimum atomic E-state index is -0.244. The summed E-state index contributed by atoms with van der Waals surface area (Å²) in [5.74, 6) is 0.269. The number of anilines is 2. The van der Waals surface area contributed by atoms with Crippen LogP contribution < -0.4 is 10.6 Å².